The second kappa shape index (κ2) is 4.31. The molecule has 7 heteroatoms. The fraction of sp³-hybridized carbons (Fsp3) is 0.222. The van der Waals surface area contributed by atoms with Crippen molar-refractivity contribution in [1.29, 1.82) is 0 Å². The third-order valence-corrected chi connectivity index (χ3v) is 3.34. The van der Waals surface area contributed by atoms with Gasteiger partial charge in [-0.25, -0.2) is 8.42 Å². The van der Waals surface area contributed by atoms with E-state index in [1.54, 1.807) is 19.0 Å². The molecule has 0 spiro atoms. The lowest BCUT2D eigenvalue weighted by atomic mass is 10.2. The fourth-order valence-corrected chi connectivity index (χ4v) is 2.37. The highest BCUT2D eigenvalue weighted by atomic mass is 35.7. The van der Waals surface area contributed by atoms with Crippen LogP contribution in [0.5, 0.6) is 0 Å². The van der Waals surface area contributed by atoms with Gasteiger partial charge in [0.15, 0.2) is 0 Å². The largest absolute Gasteiger partial charge is 0.377 e. The Morgan fingerprint density at radius 2 is 1.94 bits per heavy atom. The Kier molecular flexibility index (Phi) is 3.44. The van der Waals surface area contributed by atoms with Crippen LogP contribution < -0.4 is 10.6 Å². The summed E-state index contributed by atoms with van der Waals surface area (Å²) in [6.45, 7) is 0. The van der Waals surface area contributed by atoms with Crippen LogP contribution in [0.3, 0.4) is 0 Å². The molecule has 0 aliphatic heterocycles. The fourth-order valence-electron chi connectivity index (χ4n) is 1.23. The Labute approximate surface area is 98.2 Å². The van der Waals surface area contributed by atoms with E-state index in [-0.39, 0.29) is 10.5 Å². The van der Waals surface area contributed by atoms with Gasteiger partial charge in [-0.05, 0) is 18.2 Å². The van der Waals surface area contributed by atoms with E-state index in [1.165, 1.54) is 18.2 Å². The molecular weight excluding hydrogens is 252 g/mol. The molecule has 16 heavy (non-hydrogen) atoms. The van der Waals surface area contributed by atoms with Crippen LogP contribution in [0.2, 0.25) is 0 Å². The van der Waals surface area contributed by atoms with Gasteiger partial charge in [-0.2, -0.15) is 0 Å². The quantitative estimate of drug-likeness (QED) is 0.817. The number of carbonyl (C=O) groups excluding carboxylic acids is 1. The molecule has 2 N–H and O–H groups in total. The molecule has 0 aliphatic carbocycles. The third kappa shape index (κ3) is 2.65. The van der Waals surface area contributed by atoms with Crippen LogP contribution in [-0.4, -0.2) is 28.4 Å². The van der Waals surface area contributed by atoms with Crippen LogP contribution in [-0.2, 0) is 9.05 Å². The molecule has 0 atom stereocenters. The van der Waals surface area contributed by atoms with Gasteiger partial charge in [-0.3, -0.25) is 4.79 Å². The van der Waals surface area contributed by atoms with Crippen molar-refractivity contribution < 1.29 is 13.2 Å². The number of carbonyl (C=O) groups is 1. The Morgan fingerprint density at radius 1 is 1.38 bits per heavy atom. The lowest BCUT2D eigenvalue weighted by Gasteiger charge is -2.16. The summed E-state index contributed by atoms with van der Waals surface area (Å²) in [5.74, 6) is -0.702. The van der Waals surface area contributed by atoms with Crippen molar-refractivity contribution >= 4 is 31.3 Å². The molecule has 0 saturated heterocycles. The number of anilines is 1. The molecule has 0 unspecified atom stereocenters. The van der Waals surface area contributed by atoms with E-state index in [2.05, 4.69) is 0 Å². The summed E-state index contributed by atoms with van der Waals surface area (Å²) in [5.41, 5.74) is 5.57. The maximum Gasteiger partial charge on any atom is 0.263 e. The normalized spacial score (nSPS) is 11.2. The highest BCUT2D eigenvalue weighted by Crippen LogP contribution is 2.27. The minimum absolute atomic E-state index is 0.102. The zero-order chi connectivity index (χ0) is 12.5. The standard InChI is InChI=1S/C9H11ClN2O3S/c1-12(2)7-4-3-6(9(11)13)5-8(7)16(10,14)15/h3-5H,1-2H3,(H2,11,13). The summed E-state index contributed by atoms with van der Waals surface area (Å²) in [6, 6.07) is 4.10. The van der Waals surface area contributed by atoms with Crippen molar-refractivity contribution in [3.8, 4) is 0 Å². The molecule has 0 aliphatic rings. The molecule has 0 bridgehead atoms. The summed E-state index contributed by atoms with van der Waals surface area (Å²) < 4.78 is 22.6. The number of nitrogens with two attached hydrogens (primary N) is 1. The van der Waals surface area contributed by atoms with Gasteiger partial charge in [0.25, 0.3) is 9.05 Å². The van der Waals surface area contributed by atoms with Gasteiger partial charge in [-0.15, -0.1) is 0 Å². The zero-order valence-electron chi connectivity index (χ0n) is 8.77. The lowest BCUT2D eigenvalue weighted by molar-refractivity contribution is 0.1000. The second-order valence-electron chi connectivity index (χ2n) is 3.38. The average Bonchev–Trinajstić information content (AvgIpc) is 2.15. The number of hydrogen-bond acceptors (Lipinski definition) is 4. The van der Waals surface area contributed by atoms with E-state index in [9.17, 15) is 13.2 Å². The van der Waals surface area contributed by atoms with Crippen molar-refractivity contribution in [2.45, 2.75) is 4.90 Å². The van der Waals surface area contributed by atoms with E-state index in [0.29, 0.717) is 5.69 Å². The van der Waals surface area contributed by atoms with Crippen molar-refractivity contribution in [3.05, 3.63) is 23.8 Å². The summed E-state index contributed by atoms with van der Waals surface area (Å²) in [6.07, 6.45) is 0. The van der Waals surface area contributed by atoms with E-state index < -0.39 is 15.0 Å². The smallest absolute Gasteiger partial charge is 0.263 e. The van der Waals surface area contributed by atoms with Crippen molar-refractivity contribution in [2.24, 2.45) is 5.73 Å². The van der Waals surface area contributed by atoms with Crippen LogP contribution >= 0.6 is 10.7 Å². The highest BCUT2D eigenvalue weighted by molar-refractivity contribution is 8.13. The minimum atomic E-state index is -3.91. The number of benzene rings is 1. The Bertz CT molecular complexity index is 526. The third-order valence-electron chi connectivity index (χ3n) is 1.99. The first-order chi connectivity index (χ1) is 7.23. The SMILES string of the molecule is CN(C)c1ccc(C(N)=O)cc1S(=O)(=O)Cl. The Morgan fingerprint density at radius 3 is 2.31 bits per heavy atom. The van der Waals surface area contributed by atoms with Gasteiger partial charge >= 0.3 is 0 Å². The van der Waals surface area contributed by atoms with Crippen molar-refractivity contribution in [3.63, 3.8) is 0 Å². The number of amides is 1. The number of nitrogens with zero attached hydrogens (tertiary/aromatic N) is 1. The molecule has 88 valence electrons. The summed E-state index contributed by atoms with van der Waals surface area (Å²) in [7, 11) is 4.71. The first-order valence-electron chi connectivity index (χ1n) is 4.29. The van der Waals surface area contributed by atoms with E-state index >= 15 is 0 Å². The number of rotatable bonds is 3. The highest BCUT2D eigenvalue weighted by Gasteiger charge is 2.18. The Balaban J connectivity index is 3.51. The Hall–Kier alpha value is -1.27. The lowest BCUT2D eigenvalue weighted by Crippen LogP contribution is -2.15. The van der Waals surface area contributed by atoms with Crippen LogP contribution in [0, 0.1) is 0 Å². The number of hydrogen-bond donors (Lipinski definition) is 1. The van der Waals surface area contributed by atoms with Gasteiger partial charge in [0.2, 0.25) is 5.91 Å². The molecule has 0 radical (unpaired) electrons. The number of primary amides is 1. The second-order valence-corrected chi connectivity index (χ2v) is 5.91. The van der Waals surface area contributed by atoms with Gasteiger partial charge in [-0.1, -0.05) is 0 Å². The molecule has 1 amide bonds. The van der Waals surface area contributed by atoms with Crippen LogP contribution in [0.4, 0.5) is 5.69 Å². The topological polar surface area (TPSA) is 80.5 Å². The van der Waals surface area contributed by atoms with Gasteiger partial charge in [0.05, 0.1) is 5.69 Å². The number of halogens is 1. The molecule has 0 aromatic heterocycles. The summed E-state index contributed by atoms with van der Waals surface area (Å²) >= 11 is 0. The molecule has 0 fully saturated rings. The maximum absolute atomic E-state index is 11.3. The summed E-state index contributed by atoms with van der Waals surface area (Å²) in [4.78, 5) is 12.4. The molecule has 1 aromatic rings. The predicted molar refractivity (Wildman–Crippen MR) is 62.3 cm³/mol. The van der Waals surface area contributed by atoms with E-state index in [0.717, 1.165) is 0 Å². The van der Waals surface area contributed by atoms with Gasteiger partial charge in [0, 0.05) is 30.3 Å². The van der Waals surface area contributed by atoms with E-state index in [4.69, 9.17) is 16.4 Å². The van der Waals surface area contributed by atoms with Gasteiger partial charge in [0.1, 0.15) is 4.90 Å². The van der Waals surface area contributed by atoms with Crippen molar-refractivity contribution in [2.75, 3.05) is 19.0 Å². The molecule has 5 nitrogen and oxygen atoms in total. The molecule has 1 rings (SSSR count). The summed E-state index contributed by atoms with van der Waals surface area (Å²) in [5, 5.41) is 0. The average molecular weight is 263 g/mol. The van der Waals surface area contributed by atoms with E-state index in [1.807, 2.05) is 0 Å². The molecule has 1 aromatic carbocycles. The van der Waals surface area contributed by atoms with Crippen LogP contribution in [0.25, 0.3) is 0 Å². The predicted octanol–water partition coefficient (Wildman–Crippen LogP) is 0.779. The monoisotopic (exact) mass is 262 g/mol. The maximum atomic E-state index is 11.3. The molecule has 0 saturated carbocycles. The minimum Gasteiger partial charge on any atom is -0.377 e. The van der Waals surface area contributed by atoms with Gasteiger partial charge < -0.3 is 10.6 Å². The molecular formula is C9H11ClN2O3S. The van der Waals surface area contributed by atoms with Crippen LogP contribution in [0.15, 0.2) is 23.1 Å². The van der Waals surface area contributed by atoms with Crippen molar-refractivity contribution in [1.82, 2.24) is 0 Å². The zero-order valence-corrected chi connectivity index (χ0v) is 10.3. The van der Waals surface area contributed by atoms with Crippen LogP contribution in [0.1, 0.15) is 10.4 Å². The first-order valence-corrected chi connectivity index (χ1v) is 6.60. The molecule has 0 heterocycles. The first kappa shape index (κ1) is 12.8.